The standard InChI is InChI=1S/C8H11N3O2/c1-6(5-7(9)12)11-8(13)3-2-4-10-11/h2-4,6H,5H2,1H3,(H2,9,12). The molecule has 2 N–H and O–H groups in total. The third kappa shape index (κ3) is 2.40. The Hall–Kier alpha value is -1.65. The normalized spacial score (nSPS) is 12.4. The van der Waals surface area contributed by atoms with E-state index in [0.29, 0.717) is 0 Å². The van der Waals surface area contributed by atoms with Crippen molar-refractivity contribution in [2.24, 2.45) is 5.73 Å². The Balaban J connectivity index is 2.89. The molecule has 0 aliphatic rings. The third-order valence-corrected chi connectivity index (χ3v) is 1.66. The van der Waals surface area contributed by atoms with Crippen molar-refractivity contribution >= 4 is 5.91 Å². The molecule has 1 rings (SSSR count). The second kappa shape index (κ2) is 3.84. The molecule has 1 atom stereocenters. The van der Waals surface area contributed by atoms with E-state index in [1.54, 1.807) is 13.0 Å². The largest absolute Gasteiger partial charge is 0.370 e. The van der Waals surface area contributed by atoms with Crippen LogP contribution in [-0.4, -0.2) is 15.7 Å². The lowest BCUT2D eigenvalue weighted by molar-refractivity contribution is -0.118. The van der Waals surface area contributed by atoms with Gasteiger partial charge in [0.15, 0.2) is 0 Å². The molecule has 1 heterocycles. The third-order valence-electron chi connectivity index (χ3n) is 1.66. The van der Waals surface area contributed by atoms with Crippen LogP contribution in [0.25, 0.3) is 0 Å². The predicted molar refractivity (Wildman–Crippen MR) is 47.0 cm³/mol. The van der Waals surface area contributed by atoms with Crippen molar-refractivity contribution < 1.29 is 4.79 Å². The van der Waals surface area contributed by atoms with Crippen LogP contribution in [0.5, 0.6) is 0 Å². The van der Waals surface area contributed by atoms with E-state index in [9.17, 15) is 9.59 Å². The Kier molecular flexibility index (Phi) is 2.79. The summed E-state index contributed by atoms with van der Waals surface area (Å²) in [5.41, 5.74) is 4.77. The van der Waals surface area contributed by atoms with Gasteiger partial charge in [-0.2, -0.15) is 5.10 Å². The van der Waals surface area contributed by atoms with Crippen molar-refractivity contribution in [3.8, 4) is 0 Å². The SMILES string of the molecule is CC(CC(N)=O)n1ncccc1=O. The molecule has 0 saturated heterocycles. The van der Waals surface area contributed by atoms with E-state index >= 15 is 0 Å². The van der Waals surface area contributed by atoms with Crippen LogP contribution in [0, 0.1) is 0 Å². The average molecular weight is 181 g/mol. The number of carbonyl (C=O) groups excluding carboxylic acids is 1. The molecule has 13 heavy (non-hydrogen) atoms. The van der Waals surface area contributed by atoms with Gasteiger partial charge in [-0.05, 0) is 13.0 Å². The number of rotatable bonds is 3. The van der Waals surface area contributed by atoms with E-state index in [1.165, 1.54) is 16.9 Å². The van der Waals surface area contributed by atoms with E-state index in [2.05, 4.69) is 5.10 Å². The lowest BCUT2D eigenvalue weighted by Gasteiger charge is -2.10. The summed E-state index contributed by atoms with van der Waals surface area (Å²) < 4.78 is 1.24. The molecule has 0 saturated carbocycles. The van der Waals surface area contributed by atoms with Crippen molar-refractivity contribution in [1.82, 2.24) is 9.78 Å². The molecule has 1 aromatic rings. The van der Waals surface area contributed by atoms with Gasteiger partial charge in [0.1, 0.15) is 0 Å². The van der Waals surface area contributed by atoms with Crippen LogP contribution in [0.4, 0.5) is 0 Å². The predicted octanol–water partition coefficient (Wildman–Crippen LogP) is -0.320. The van der Waals surface area contributed by atoms with Gasteiger partial charge in [0, 0.05) is 18.7 Å². The van der Waals surface area contributed by atoms with Gasteiger partial charge in [-0.3, -0.25) is 9.59 Å². The minimum atomic E-state index is -0.440. The average Bonchev–Trinajstić information content (AvgIpc) is 2.03. The van der Waals surface area contributed by atoms with Gasteiger partial charge in [0.05, 0.1) is 6.04 Å². The fourth-order valence-corrected chi connectivity index (χ4v) is 1.08. The Morgan fingerprint density at radius 2 is 2.46 bits per heavy atom. The van der Waals surface area contributed by atoms with Gasteiger partial charge >= 0.3 is 0 Å². The summed E-state index contributed by atoms with van der Waals surface area (Å²) in [5.74, 6) is -0.440. The molecule has 1 aromatic heterocycles. The second-order valence-electron chi connectivity index (χ2n) is 2.83. The minimum Gasteiger partial charge on any atom is -0.370 e. The Labute approximate surface area is 75.2 Å². The maximum atomic E-state index is 11.2. The van der Waals surface area contributed by atoms with Crippen LogP contribution in [0.3, 0.4) is 0 Å². The number of hydrogen-bond acceptors (Lipinski definition) is 3. The lowest BCUT2D eigenvalue weighted by atomic mass is 10.2. The van der Waals surface area contributed by atoms with Crippen LogP contribution in [0.2, 0.25) is 0 Å². The first kappa shape index (κ1) is 9.44. The molecule has 0 fully saturated rings. The molecular formula is C8H11N3O2. The molecule has 0 aliphatic carbocycles. The fraction of sp³-hybridized carbons (Fsp3) is 0.375. The summed E-state index contributed by atoms with van der Waals surface area (Å²) in [6.45, 7) is 1.72. The van der Waals surface area contributed by atoms with Gasteiger partial charge < -0.3 is 5.73 Å². The minimum absolute atomic E-state index is 0.122. The highest BCUT2D eigenvalue weighted by Crippen LogP contribution is 2.03. The first-order valence-electron chi connectivity index (χ1n) is 3.93. The molecule has 5 heteroatoms. The molecule has 0 aliphatic heterocycles. The molecule has 0 spiro atoms. The van der Waals surface area contributed by atoms with Gasteiger partial charge in [-0.1, -0.05) is 0 Å². The quantitative estimate of drug-likeness (QED) is 0.694. The molecule has 0 radical (unpaired) electrons. The van der Waals surface area contributed by atoms with Crippen molar-refractivity contribution in [1.29, 1.82) is 0 Å². The van der Waals surface area contributed by atoms with Crippen molar-refractivity contribution in [2.75, 3.05) is 0 Å². The maximum Gasteiger partial charge on any atom is 0.266 e. The van der Waals surface area contributed by atoms with E-state index in [0.717, 1.165) is 0 Å². The smallest absolute Gasteiger partial charge is 0.266 e. The molecule has 70 valence electrons. The summed E-state index contributed by atoms with van der Waals surface area (Å²) in [6, 6.07) is 2.66. The summed E-state index contributed by atoms with van der Waals surface area (Å²) in [7, 11) is 0. The molecule has 0 bridgehead atoms. The second-order valence-corrected chi connectivity index (χ2v) is 2.83. The highest BCUT2D eigenvalue weighted by Gasteiger charge is 2.09. The topological polar surface area (TPSA) is 78.0 Å². The van der Waals surface area contributed by atoms with Crippen molar-refractivity contribution in [3.63, 3.8) is 0 Å². The van der Waals surface area contributed by atoms with E-state index in [1.807, 2.05) is 0 Å². The zero-order chi connectivity index (χ0) is 9.84. The molecule has 0 aromatic carbocycles. The summed E-state index contributed by atoms with van der Waals surface area (Å²) in [6.07, 6.45) is 1.62. The molecular weight excluding hydrogens is 170 g/mol. The number of amides is 1. The Morgan fingerprint density at radius 3 is 3.00 bits per heavy atom. The number of aromatic nitrogens is 2. The van der Waals surface area contributed by atoms with Crippen LogP contribution in [0.1, 0.15) is 19.4 Å². The van der Waals surface area contributed by atoms with Gasteiger partial charge in [-0.15, -0.1) is 0 Å². The summed E-state index contributed by atoms with van der Waals surface area (Å²) in [5, 5.41) is 3.83. The monoisotopic (exact) mass is 181 g/mol. The zero-order valence-electron chi connectivity index (χ0n) is 7.30. The van der Waals surface area contributed by atoms with E-state index in [-0.39, 0.29) is 18.0 Å². The Morgan fingerprint density at radius 1 is 1.77 bits per heavy atom. The van der Waals surface area contributed by atoms with E-state index < -0.39 is 5.91 Å². The highest BCUT2D eigenvalue weighted by atomic mass is 16.1. The first-order valence-corrected chi connectivity index (χ1v) is 3.93. The number of hydrogen-bond donors (Lipinski definition) is 1. The summed E-state index contributed by atoms with van der Waals surface area (Å²) in [4.78, 5) is 21.8. The zero-order valence-corrected chi connectivity index (χ0v) is 7.30. The van der Waals surface area contributed by atoms with Crippen LogP contribution in [-0.2, 0) is 4.79 Å². The van der Waals surface area contributed by atoms with Gasteiger partial charge in [0.2, 0.25) is 5.91 Å². The van der Waals surface area contributed by atoms with Crippen LogP contribution in [0.15, 0.2) is 23.1 Å². The number of carbonyl (C=O) groups is 1. The highest BCUT2D eigenvalue weighted by molar-refractivity contribution is 5.74. The summed E-state index contributed by atoms with van der Waals surface area (Å²) >= 11 is 0. The Bertz CT molecular complexity index is 358. The fourth-order valence-electron chi connectivity index (χ4n) is 1.08. The molecule has 1 amide bonds. The van der Waals surface area contributed by atoms with Crippen molar-refractivity contribution in [3.05, 3.63) is 28.7 Å². The van der Waals surface area contributed by atoms with E-state index in [4.69, 9.17) is 5.73 Å². The van der Waals surface area contributed by atoms with Crippen LogP contribution >= 0.6 is 0 Å². The molecule has 1 unspecified atom stereocenters. The first-order chi connectivity index (χ1) is 6.11. The van der Waals surface area contributed by atoms with Gasteiger partial charge in [0.25, 0.3) is 5.56 Å². The lowest BCUT2D eigenvalue weighted by Crippen LogP contribution is -2.27. The number of nitrogens with zero attached hydrogens (tertiary/aromatic N) is 2. The number of primary amides is 1. The maximum absolute atomic E-state index is 11.2. The number of nitrogens with two attached hydrogens (primary N) is 1. The van der Waals surface area contributed by atoms with Crippen molar-refractivity contribution in [2.45, 2.75) is 19.4 Å². The van der Waals surface area contributed by atoms with Crippen LogP contribution < -0.4 is 11.3 Å². The van der Waals surface area contributed by atoms with Gasteiger partial charge in [-0.25, -0.2) is 4.68 Å². The molecule has 5 nitrogen and oxygen atoms in total.